The highest BCUT2D eigenvalue weighted by Gasteiger charge is 2.06. The van der Waals surface area contributed by atoms with Crippen LogP contribution in [0.3, 0.4) is 0 Å². The van der Waals surface area contributed by atoms with Crippen LogP contribution in [0.15, 0.2) is 0 Å². The highest BCUT2D eigenvalue weighted by Crippen LogP contribution is 2.37. The van der Waals surface area contributed by atoms with Crippen LogP contribution in [0.1, 0.15) is 78.1 Å². The van der Waals surface area contributed by atoms with E-state index < -0.39 is 7.37 Å². The Balaban J connectivity index is 3.42. The lowest BCUT2D eigenvalue weighted by molar-refractivity contribution is -0.175. The van der Waals surface area contributed by atoms with Crippen LogP contribution in [0, 0.1) is 0 Å². The highest BCUT2D eigenvalue weighted by molar-refractivity contribution is 7.56. The molecule has 0 unspecified atom stereocenters. The van der Waals surface area contributed by atoms with Crippen molar-refractivity contribution in [1.29, 1.82) is 0 Å². The summed E-state index contributed by atoms with van der Waals surface area (Å²) < 4.78 is 11.7. The van der Waals surface area contributed by atoms with Crippen LogP contribution in [-0.4, -0.2) is 12.3 Å². The smallest absolute Gasteiger partial charge is 0.0148 e. The maximum atomic E-state index is 11.7. The number of hydrogen-bond donors (Lipinski definition) is 0. The van der Waals surface area contributed by atoms with Crippen LogP contribution < -0.4 is 4.89 Å². The normalized spacial score (nSPS) is 11.9. The Morgan fingerprint density at radius 1 is 0.706 bits per heavy atom. The molecule has 0 spiro atoms. The van der Waals surface area contributed by atoms with Gasteiger partial charge < -0.3 is 9.46 Å². The quantitative estimate of drug-likeness (QED) is 0.381. The van der Waals surface area contributed by atoms with E-state index in [1.165, 1.54) is 38.5 Å². The van der Waals surface area contributed by atoms with E-state index in [1.807, 2.05) is 0 Å². The lowest BCUT2D eigenvalue weighted by atomic mass is 10.2. The molecule has 0 aromatic carbocycles. The summed E-state index contributed by atoms with van der Waals surface area (Å²) in [5.41, 5.74) is 0. The molecule has 2 nitrogen and oxygen atoms in total. The number of rotatable bonds is 12. The second kappa shape index (κ2) is 11.3. The molecule has 0 bridgehead atoms. The molecule has 0 aromatic rings. The molecule has 0 aromatic heterocycles. The van der Waals surface area contributed by atoms with Gasteiger partial charge in [0.25, 0.3) is 0 Å². The molecule has 0 atom stereocenters. The minimum atomic E-state index is -3.04. The van der Waals surface area contributed by atoms with E-state index >= 15 is 0 Å². The van der Waals surface area contributed by atoms with Crippen LogP contribution in [-0.2, 0) is 4.57 Å². The molecule has 0 aliphatic carbocycles. The SMILES string of the molecule is CCCCCCCP(=O)([O-])CCCCCCC. The fourth-order valence-electron chi connectivity index (χ4n) is 2.02. The van der Waals surface area contributed by atoms with E-state index in [0.29, 0.717) is 12.3 Å². The highest BCUT2D eigenvalue weighted by atomic mass is 31.2. The third-order valence-electron chi connectivity index (χ3n) is 3.20. The molecule has 0 rings (SSSR count). The average molecular weight is 261 g/mol. The van der Waals surface area contributed by atoms with Gasteiger partial charge in [-0.25, -0.2) is 0 Å². The summed E-state index contributed by atoms with van der Waals surface area (Å²) in [7, 11) is -3.04. The molecular weight excluding hydrogens is 231 g/mol. The van der Waals surface area contributed by atoms with E-state index in [1.54, 1.807) is 0 Å². The minimum absolute atomic E-state index is 0.435. The average Bonchev–Trinajstić information content (AvgIpc) is 2.28. The first-order chi connectivity index (χ1) is 8.12. The van der Waals surface area contributed by atoms with Gasteiger partial charge in [0.05, 0.1) is 0 Å². The van der Waals surface area contributed by atoms with Crippen molar-refractivity contribution in [2.75, 3.05) is 12.3 Å². The van der Waals surface area contributed by atoms with E-state index in [4.69, 9.17) is 0 Å². The first kappa shape index (κ1) is 17.2. The van der Waals surface area contributed by atoms with Crippen molar-refractivity contribution in [3.05, 3.63) is 0 Å². The topological polar surface area (TPSA) is 40.1 Å². The standard InChI is InChI=1S/C14H31O2P/c1-3-5-7-9-11-13-17(15,16)14-12-10-8-6-4-2/h3-14H2,1-2H3,(H,15,16)/p-1. The van der Waals surface area contributed by atoms with Gasteiger partial charge in [0, 0.05) is 7.37 Å². The van der Waals surface area contributed by atoms with Gasteiger partial charge in [-0.3, -0.25) is 0 Å². The summed E-state index contributed by atoms with van der Waals surface area (Å²) in [4.78, 5) is 11.7. The van der Waals surface area contributed by atoms with E-state index in [9.17, 15) is 9.46 Å². The van der Waals surface area contributed by atoms with Crippen LogP contribution >= 0.6 is 7.37 Å². The molecular formula is C14H30O2P-. The molecule has 0 N–H and O–H groups in total. The molecule has 0 saturated heterocycles. The predicted octanol–water partition coefficient (Wildman–Crippen LogP) is 4.57. The maximum absolute atomic E-state index is 11.7. The van der Waals surface area contributed by atoms with Crippen molar-refractivity contribution in [2.45, 2.75) is 78.1 Å². The lowest BCUT2D eigenvalue weighted by Gasteiger charge is -2.23. The zero-order valence-corrected chi connectivity index (χ0v) is 12.6. The Kier molecular flexibility index (Phi) is 11.4. The maximum Gasteiger partial charge on any atom is 0.0148 e. The predicted molar refractivity (Wildman–Crippen MR) is 74.9 cm³/mol. The molecule has 17 heavy (non-hydrogen) atoms. The second-order valence-electron chi connectivity index (χ2n) is 5.09. The van der Waals surface area contributed by atoms with Crippen molar-refractivity contribution in [3.8, 4) is 0 Å². The molecule has 0 aliphatic rings. The fraction of sp³-hybridized carbons (Fsp3) is 1.00. The van der Waals surface area contributed by atoms with Crippen LogP contribution in [0.2, 0.25) is 0 Å². The Hall–Kier alpha value is 0.190. The van der Waals surface area contributed by atoms with E-state index in [-0.39, 0.29) is 0 Å². The molecule has 104 valence electrons. The van der Waals surface area contributed by atoms with Crippen LogP contribution in [0.5, 0.6) is 0 Å². The van der Waals surface area contributed by atoms with Crippen molar-refractivity contribution in [3.63, 3.8) is 0 Å². The molecule has 0 fully saturated rings. The van der Waals surface area contributed by atoms with Crippen molar-refractivity contribution in [2.24, 2.45) is 0 Å². The van der Waals surface area contributed by atoms with Gasteiger partial charge in [-0.15, -0.1) is 0 Å². The third kappa shape index (κ3) is 12.4. The molecule has 0 radical (unpaired) electrons. The second-order valence-corrected chi connectivity index (χ2v) is 7.61. The number of hydrogen-bond acceptors (Lipinski definition) is 2. The van der Waals surface area contributed by atoms with Gasteiger partial charge in [0.1, 0.15) is 0 Å². The Morgan fingerprint density at radius 3 is 1.41 bits per heavy atom. The summed E-state index contributed by atoms with van der Waals surface area (Å²) in [5.74, 6) is 0. The molecule has 0 heterocycles. The largest absolute Gasteiger partial charge is 0.799 e. The van der Waals surface area contributed by atoms with Gasteiger partial charge in [0.15, 0.2) is 0 Å². The van der Waals surface area contributed by atoms with Crippen LogP contribution in [0.25, 0.3) is 0 Å². The summed E-state index contributed by atoms with van der Waals surface area (Å²) >= 11 is 0. The molecule has 0 amide bonds. The summed E-state index contributed by atoms with van der Waals surface area (Å²) in [5, 5.41) is 0. The van der Waals surface area contributed by atoms with Gasteiger partial charge in [-0.05, 0) is 25.2 Å². The third-order valence-corrected chi connectivity index (χ3v) is 5.20. The van der Waals surface area contributed by atoms with Gasteiger partial charge in [-0.1, -0.05) is 65.2 Å². The lowest BCUT2D eigenvalue weighted by Crippen LogP contribution is -2.09. The van der Waals surface area contributed by atoms with E-state index in [0.717, 1.165) is 25.7 Å². The van der Waals surface area contributed by atoms with Gasteiger partial charge in [0.2, 0.25) is 0 Å². The molecule has 0 saturated carbocycles. The van der Waals surface area contributed by atoms with Crippen molar-refractivity contribution in [1.82, 2.24) is 0 Å². The van der Waals surface area contributed by atoms with E-state index in [2.05, 4.69) is 13.8 Å². The van der Waals surface area contributed by atoms with Crippen molar-refractivity contribution < 1.29 is 9.46 Å². The fourth-order valence-corrected chi connectivity index (χ4v) is 3.66. The van der Waals surface area contributed by atoms with Gasteiger partial charge >= 0.3 is 0 Å². The Labute approximate surface area is 108 Å². The first-order valence-electron chi connectivity index (χ1n) is 7.41. The molecule has 0 aliphatic heterocycles. The molecule has 3 heteroatoms. The first-order valence-corrected chi connectivity index (χ1v) is 9.41. The monoisotopic (exact) mass is 261 g/mol. The Morgan fingerprint density at radius 2 is 1.06 bits per heavy atom. The van der Waals surface area contributed by atoms with Crippen LogP contribution in [0.4, 0.5) is 0 Å². The van der Waals surface area contributed by atoms with Crippen molar-refractivity contribution >= 4 is 7.37 Å². The summed E-state index contributed by atoms with van der Waals surface area (Å²) in [6, 6.07) is 0. The minimum Gasteiger partial charge on any atom is -0.799 e. The number of unbranched alkanes of at least 4 members (excludes halogenated alkanes) is 8. The zero-order chi connectivity index (χ0) is 13.0. The Bertz CT molecular complexity index is 186. The zero-order valence-electron chi connectivity index (χ0n) is 11.7. The summed E-state index contributed by atoms with van der Waals surface area (Å²) in [6.45, 7) is 4.35. The summed E-state index contributed by atoms with van der Waals surface area (Å²) in [6.07, 6.45) is 12.0. The van der Waals surface area contributed by atoms with Gasteiger partial charge in [-0.2, -0.15) is 0 Å².